The quantitative estimate of drug-likeness (QED) is 0.733. The van der Waals surface area contributed by atoms with Crippen molar-refractivity contribution in [1.82, 2.24) is 9.80 Å². The molecule has 1 aliphatic carbocycles. The molecule has 0 saturated carbocycles. The molecule has 0 amide bonds. The van der Waals surface area contributed by atoms with Crippen molar-refractivity contribution in [3.63, 3.8) is 0 Å². The fourth-order valence-corrected chi connectivity index (χ4v) is 2.77. The molecule has 0 bridgehead atoms. The van der Waals surface area contributed by atoms with Crippen molar-refractivity contribution in [3.8, 4) is 0 Å². The summed E-state index contributed by atoms with van der Waals surface area (Å²) in [6, 6.07) is 0.512. The van der Waals surface area contributed by atoms with Gasteiger partial charge in [0.25, 0.3) is 0 Å². The average molecular weight is 254 g/mol. The monoisotopic (exact) mass is 254 g/mol. The molecular weight excluding hydrogens is 228 g/mol. The van der Waals surface area contributed by atoms with E-state index in [-0.39, 0.29) is 6.10 Å². The van der Waals surface area contributed by atoms with E-state index < -0.39 is 0 Å². The second-order valence-corrected chi connectivity index (χ2v) is 5.43. The van der Waals surface area contributed by atoms with Gasteiger partial charge in [-0.15, -0.1) is 0 Å². The van der Waals surface area contributed by atoms with Gasteiger partial charge in [-0.3, -0.25) is 9.80 Å². The van der Waals surface area contributed by atoms with Crippen molar-refractivity contribution in [2.24, 2.45) is 0 Å². The predicted octanol–water partition coefficient (Wildman–Crippen LogP) is 0.720. The lowest BCUT2D eigenvalue weighted by atomic mass is 10.0. The van der Waals surface area contributed by atoms with Crippen LogP contribution in [-0.4, -0.2) is 73.5 Å². The minimum Gasteiger partial charge on any atom is -0.390 e. The maximum Gasteiger partial charge on any atom is 0.0793 e. The van der Waals surface area contributed by atoms with E-state index >= 15 is 0 Å². The normalized spacial score (nSPS) is 27.6. The summed E-state index contributed by atoms with van der Waals surface area (Å²) in [6.45, 7) is 5.02. The molecule has 0 radical (unpaired) electrons. The van der Waals surface area contributed by atoms with Crippen LogP contribution in [0.3, 0.4) is 0 Å². The van der Waals surface area contributed by atoms with Crippen LogP contribution in [0.25, 0.3) is 0 Å². The zero-order valence-electron chi connectivity index (χ0n) is 11.4. The van der Waals surface area contributed by atoms with Gasteiger partial charge in [-0.05, 0) is 26.3 Å². The number of likely N-dealkylation sites (N-methyl/N-ethyl adjacent to an activating group) is 1. The zero-order valence-corrected chi connectivity index (χ0v) is 11.4. The van der Waals surface area contributed by atoms with Crippen molar-refractivity contribution >= 4 is 0 Å². The number of aliphatic hydroxyl groups is 1. The zero-order chi connectivity index (χ0) is 12.8. The molecule has 18 heavy (non-hydrogen) atoms. The first kappa shape index (κ1) is 14.0. The highest BCUT2D eigenvalue weighted by molar-refractivity contribution is 4.98. The highest BCUT2D eigenvalue weighted by atomic mass is 16.5. The summed E-state index contributed by atoms with van der Waals surface area (Å²) in [7, 11) is 2.11. The summed E-state index contributed by atoms with van der Waals surface area (Å²) in [5.41, 5.74) is 0. The number of β-amino-alcohol motifs (C(OH)–C–C–N with tert-alkyl or cyclic N) is 1. The molecule has 0 aromatic rings. The van der Waals surface area contributed by atoms with Crippen LogP contribution < -0.4 is 0 Å². The first-order valence-corrected chi connectivity index (χ1v) is 7.11. The van der Waals surface area contributed by atoms with E-state index in [0.717, 1.165) is 39.4 Å². The average Bonchev–Trinajstić information content (AvgIpc) is 2.40. The van der Waals surface area contributed by atoms with Crippen LogP contribution in [0, 0.1) is 0 Å². The molecule has 1 aliphatic heterocycles. The van der Waals surface area contributed by atoms with Crippen molar-refractivity contribution in [1.29, 1.82) is 0 Å². The minimum atomic E-state index is -0.261. The van der Waals surface area contributed by atoms with Gasteiger partial charge in [0.2, 0.25) is 0 Å². The Labute approximate surface area is 110 Å². The van der Waals surface area contributed by atoms with Gasteiger partial charge < -0.3 is 9.84 Å². The Balaban J connectivity index is 1.70. The lowest BCUT2D eigenvalue weighted by molar-refractivity contribution is 0.00678. The van der Waals surface area contributed by atoms with Gasteiger partial charge in [0.1, 0.15) is 0 Å². The molecule has 4 nitrogen and oxygen atoms in total. The van der Waals surface area contributed by atoms with E-state index in [1.54, 1.807) is 0 Å². The Hall–Kier alpha value is -0.420. The number of rotatable bonds is 5. The molecule has 4 heteroatoms. The van der Waals surface area contributed by atoms with Crippen LogP contribution in [0.4, 0.5) is 0 Å². The Morgan fingerprint density at radius 1 is 1.44 bits per heavy atom. The van der Waals surface area contributed by atoms with E-state index in [1.165, 1.54) is 19.3 Å². The number of allylic oxidation sites excluding steroid dienone is 1. The van der Waals surface area contributed by atoms with Gasteiger partial charge in [0.05, 0.1) is 19.3 Å². The molecule has 2 unspecified atom stereocenters. The Bertz CT molecular complexity index is 265. The van der Waals surface area contributed by atoms with E-state index in [0.29, 0.717) is 6.04 Å². The van der Waals surface area contributed by atoms with Crippen molar-refractivity contribution < 1.29 is 9.84 Å². The summed E-state index contributed by atoms with van der Waals surface area (Å²) in [5.74, 6) is 0. The number of hydrogen-bond acceptors (Lipinski definition) is 4. The first-order valence-electron chi connectivity index (χ1n) is 7.11. The van der Waals surface area contributed by atoms with Crippen LogP contribution in [0.2, 0.25) is 0 Å². The smallest absolute Gasteiger partial charge is 0.0793 e. The highest BCUT2D eigenvalue weighted by Crippen LogP contribution is 2.15. The van der Waals surface area contributed by atoms with Crippen molar-refractivity contribution in [3.05, 3.63) is 12.2 Å². The van der Waals surface area contributed by atoms with Gasteiger partial charge in [-0.2, -0.15) is 0 Å². The SMILES string of the molecule is CN(CC(O)CN1CCOCC1)C1C=CCCC1. The van der Waals surface area contributed by atoms with E-state index in [4.69, 9.17) is 4.74 Å². The van der Waals surface area contributed by atoms with Gasteiger partial charge in [0.15, 0.2) is 0 Å². The van der Waals surface area contributed by atoms with Gasteiger partial charge in [-0.1, -0.05) is 12.2 Å². The molecule has 1 N–H and O–H groups in total. The Morgan fingerprint density at radius 2 is 2.22 bits per heavy atom. The molecule has 2 rings (SSSR count). The van der Waals surface area contributed by atoms with Crippen LogP contribution in [0.15, 0.2) is 12.2 Å². The third-order valence-electron chi connectivity index (χ3n) is 3.87. The van der Waals surface area contributed by atoms with Crippen LogP contribution in [0.1, 0.15) is 19.3 Å². The molecule has 2 aliphatic rings. The molecule has 1 saturated heterocycles. The third kappa shape index (κ3) is 4.35. The van der Waals surface area contributed by atoms with Crippen molar-refractivity contribution in [2.75, 3.05) is 46.4 Å². The number of aliphatic hydroxyl groups excluding tert-OH is 1. The number of morpholine rings is 1. The minimum absolute atomic E-state index is 0.261. The lowest BCUT2D eigenvalue weighted by Crippen LogP contribution is -2.45. The number of hydrogen-bond donors (Lipinski definition) is 1. The predicted molar refractivity (Wildman–Crippen MR) is 72.7 cm³/mol. The maximum atomic E-state index is 10.2. The van der Waals surface area contributed by atoms with E-state index in [1.807, 2.05) is 0 Å². The van der Waals surface area contributed by atoms with Gasteiger partial charge >= 0.3 is 0 Å². The van der Waals surface area contributed by atoms with Gasteiger partial charge in [-0.25, -0.2) is 0 Å². The third-order valence-corrected chi connectivity index (χ3v) is 3.87. The summed E-state index contributed by atoms with van der Waals surface area (Å²) < 4.78 is 5.31. The van der Waals surface area contributed by atoms with Crippen LogP contribution in [0.5, 0.6) is 0 Å². The highest BCUT2D eigenvalue weighted by Gasteiger charge is 2.19. The summed E-state index contributed by atoms with van der Waals surface area (Å²) in [4.78, 5) is 4.57. The summed E-state index contributed by atoms with van der Waals surface area (Å²) in [6.07, 6.45) is 7.98. The maximum absolute atomic E-state index is 10.2. The molecule has 2 atom stereocenters. The Morgan fingerprint density at radius 3 is 2.89 bits per heavy atom. The molecule has 1 fully saturated rings. The largest absolute Gasteiger partial charge is 0.390 e. The standard InChI is InChI=1S/C14H26N2O2/c1-15(13-5-3-2-4-6-13)11-14(17)12-16-7-9-18-10-8-16/h3,5,13-14,17H,2,4,6-12H2,1H3. The van der Waals surface area contributed by atoms with Crippen LogP contribution in [-0.2, 0) is 4.74 Å². The molecule has 0 aromatic heterocycles. The lowest BCUT2D eigenvalue weighted by Gasteiger charge is -2.32. The molecule has 1 heterocycles. The second-order valence-electron chi connectivity index (χ2n) is 5.43. The first-order chi connectivity index (χ1) is 8.75. The summed E-state index contributed by atoms with van der Waals surface area (Å²) in [5, 5.41) is 10.2. The van der Waals surface area contributed by atoms with E-state index in [9.17, 15) is 5.11 Å². The topological polar surface area (TPSA) is 35.9 Å². The molecule has 0 spiro atoms. The fraction of sp³-hybridized carbons (Fsp3) is 0.857. The summed E-state index contributed by atoms with van der Waals surface area (Å²) >= 11 is 0. The molecule has 104 valence electrons. The molecule has 0 aromatic carbocycles. The Kier molecular flexibility index (Phi) is 5.63. The number of nitrogens with zero attached hydrogens (tertiary/aromatic N) is 2. The van der Waals surface area contributed by atoms with E-state index in [2.05, 4.69) is 29.0 Å². The second kappa shape index (κ2) is 7.24. The van der Waals surface area contributed by atoms with Crippen LogP contribution >= 0.6 is 0 Å². The van der Waals surface area contributed by atoms with Gasteiger partial charge in [0, 0.05) is 32.2 Å². The molecular formula is C14H26N2O2. The van der Waals surface area contributed by atoms with Crippen molar-refractivity contribution in [2.45, 2.75) is 31.4 Å². The fourth-order valence-electron chi connectivity index (χ4n) is 2.77. The number of ether oxygens (including phenoxy) is 1.